The van der Waals surface area contributed by atoms with E-state index in [0.717, 1.165) is 18.4 Å². The minimum Gasteiger partial charge on any atom is -0.497 e. The highest BCUT2D eigenvalue weighted by Gasteiger charge is 2.43. The first-order chi connectivity index (χ1) is 20.1. The molecular weight excluding hydrogens is 560 g/mol. The van der Waals surface area contributed by atoms with Crippen LogP contribution in [0.3, 0.4) is 0 Å². The van der Waals surface area contributed by atoms with Crippen molar-refractivity contribution < 1.29 is 37.3 Å². The van der Waals surface area contributed by atoms with Gasteiger partial charge in [-0.3, -0.25) is 0 Å². The average Bonchev–Trinajstić information content (AvgIpc) is 3.62. The van der Waals surface area contributed by atoms with Gasteiger partial charge in [-0.25, -0.2) is 13.2 Å². The summed E-state index contributed by atoms with van der Waals surface area (Å²) >= 11 is 0. The van der Waals surface area contributed by atoms with Crippen molar-refractivity contribution in [1.82, 2.24) is 9.62 Å². The van der Waals surface area contributed by atoms with Crippen molar-refractivity contribution in [2.24, 2.45) is 5.92 Å². The molecule has 0 aromatic heterocycles. The number of aliphatic hydroxyl groups excluding tert-OH is 1. The van der Waals surface area contributed by atoms with Gasteiger partial charge in [0, 0.05) is 26.1 Å². The highest BCUT2D eigenvalue weighted by Crippen LogP contribution is 2.31. The molecule has 232 valence electrons. The lowest BCUT2D eigenvalue weighted by molar-refractivity contribution is -0.0729. The van der Waals surface area contributed by atoms with Gasteiger partial charge in [0.15, 0.2) is 0 Å². The zero-order valence-electron chi connectivity index (χ0n) is 24.8. The number of nitrogens with one attached hydrogen (secondary N) is 1. The number of carbonyl (C=O) groups is 1. The summed E-state index contributed by atoms with van der Waals surface area (Å²) in [5.41, 5.74) is 0.880. The fraction of sp³-hybridized carbons (Fsp3) is 0.581. The molecule has 0 aliphatic carbocycles. The first-order valence-electron chi connectivity index (χ1n) is 14.7. The van der Waals surface area contributed by atoms with E-state index in [2.05, 4.69) is 5.32 Å². The van der Waals surface area contributed by atoms with Crippen LogP contribution in [0.25, 0.3) is 0 Å². The quantitative estimate of drug-likeness (QED) is 0.354. The van der Waals surface area contributed by atoms with E-state index in [1.165, 1.54) is 23.5 Å². The lowest BCUT2D eigenvalue weighted by atomic mass is 10.0. The Morgan fingerprint density at radius 2 is 1.83 bits per heavy atom. The maximum Gasteiger partial charge on any atom is 0.407 e. The normalized spacial score (nSPS) is 24.1. The van der Waals surface area contributed by atoms with E-state index in [-0.39, 0.29) is 48.6 Å². The number of hydrogen-bond acceptors (Lipinski definition) is 8. The number of amides is 1. The molecule has 6 atom stereocenters. The molecule has 2 aliphatic rings. The van der Waals surface area contributed by atoms with Crippen LogP contribution < -0.4 is 10.1 Å². The Hall–Kier alpha value is -2.70. The maximum absolute atomic E-state index is 13.7. The Kier molecular flexibility index (Phi) is 11.2. The number of methoxy groups -OCH3 is 1. The number of aliphatic hydroxyl groups is 1. The van der Waals surface area contributed by atoms with E-state index in [4.69, 9.17) is 18.9 Å². The number of hydrogen-bond donors (Lipinski definition) is 2. The largest absolute Gasteiger partial charge is 0.497 e. The highest BCUT2D eigenvalue weighted by atomic mass is 32.2. The van der Waals surface area contributed by atoms with Crippen molar-refractivity contribution in [3.8, 4) is 5.75 Å². The predicted molar refractivity (Wildman–Crippen MR) is 158 cm³/mol. The fourth-order valence-electron chi connectivity index (χ4n) is 5.56. The lowest BCUT2D eigenvalue weighted by Gasteiger charge is -2.31. The SMILES string of the molecule is COc1ccc(S(=O)(=O)N(CC(C)C)C[C@@H](O)[C@H](Cc2ccccc2)NC(=O)O[C@H]2C[C@@H](C)O[C@H]2[C@@H]2CCCO2)cc1. The average molecular weight is 605 g/mol. The van der Waals surface area contributed by atoms with Gasteiger partial charge in [-0.1, -0.05) is 44.2 Å². The zero-order chi connectivity index (χ0) is 30.3. The summed E-state index contributed by atoms with van der Waals surface area (Å²) in [6.07, 6.45) is -0.313. The summed E-state index contributed by atoms with van der Waals surface area (Å²) in [6.45, 7) is 6.40. The van der Waals surface area contributed by atoms with Crippen LogP contribution in [0.1, 0.15) is 45.6 Å². The van der Waals surface area contributed by atoms with Crippen molar-refractivity contribution in [2.45, 2.75) is 87.9 Å². The van der Waals surface area contributed by atoms with Gasteiger partial charge in [-0.15, -0.1) is 0 Å². The van der Waals surface area contributed by atoms with Crippen LogP contribution in [-0.4, -0.2) is 87.3 Å². The lowest BCUT2D eigenvalue weighted by Crippen LogP contribution is -2.52. The van der Waals surface area contributed by atoms with Crippen molar-refractivity contribution >= 4 is 16.1 Å². The van der Waals surface area contributed by atoms with Crippen LogP contribution >= 0.6 is 0 Å². The molecule has 2 heterocycles. The molecule has 1 amide bonds. The van der Waals surface area contributed by atoms with E-state index < -0.39 is 34.4 Å². The molecule has 0 saturated carbocycles. The monoisotopic (exact) mass is 604 g/mol. The van der Waals surface area contributed by atoms with Crippen LogP contribution in [0, 0.1) is 5.92 Å². The third kappa shape index (κ3) is 8.44. The van der Waals surface area contributed by atoms with Gasteiger partial charge in [0.25, 0.3) is 0 Å². The number of nitrogens with zero attached hydrogens (tertiary/aromatic N) is 1. The van der Waals surface area contributed by atoms with Gasteiger partial charge in [-0.2, -0.15) is 4.31 Å². The van der Waals surface area contributed by atoms with Crippen LogP contribution in [0.2, 0.25) is 0 Å². The Morgan fingerprint density at radius 3 is 2.45 bits per heavy atom. The number of sulfonamides is 1. The topological polar surface area (TPSA) is 124 Å². The Morgan fingerprint density at radius 1 is 1.12 bits per heavy atom. The van der Waals surface area contributed by atoms with Crippen molar-refractivity contribution in [1.29, 1.82) is 0 Å². The molecule has 4 rings (SSSR count). The molecule has 2 aliphatic heterocycles. The summed E-state index contributed by atoms with van der Waals surface area (Å²) in [6, 6.07) is 14.8. The molecule has 11 heteroatoms. The highest BCUT2D eigenvalue weighted by molar-refractivity contribution is 7.89. The van der Waals surface area contributed by atoms with Gasteiger partial charge < -0.3 is 29.4 Å². The molecule has 0 spiro atoms. The predicted octanol–water partition coefficient (Wildman–Crippen LogP) is 3.77. The van der Waals surface area contributed by atoms with Gasteiger partial charge in [-0.05, 0) is 61.9 Å². The minimum absolute atomic E-state index is 0.00480. The standard InChI is InChI=1S/C31H44N2O8S/c1-21(2)19-33(42(36,37)25-14-12-24(38-4)13-15-25)20-27(34)26(18-23-9-6-5-7-10-23)32-31(35)41-29-17-22(3)40-30(29)28-11-8-16-39-28/h5-7,9-10,12-15,21-22,26-30,34H,8,11,16-20H2,1-4H3,(H,32,35)/t22-,26+,27-,28+,29+,30+/m1/s1. The second-order valence-electron chi connectivity index (χ2n) is 11.5. The van der Waals surface area contributed by atoms with E-state index in [1.807, 2.05) is 51.1 Å². The number of ether oxygens (including phenoxy) is 4. The molecule has 2 fully saturated rings. The third-order valence-corrected chi connectivity index (χ3v) is 9.48. The number of rotatable bonds is 13. The molecule has 0 unspecified atom stereocenters. The second-order valence-corrected chi connectivity index (χ2v) is 13.5. The van der Waals surface area contributed by atoms with Crippen molar-refractivity contribution in [3.05, 3.63) is 60.2 Å². The summed E-state index contributed by atoms with van der Waals surface area (Å²) in [4.78, 5) is 13.3. The molecule has 0 radical (unpaired) electrons. The Labute approximate surface area is 249 Å². The summed E-state index contributed by atoms with van der Waals surface area (Å²) < 4.78 is 51.5. The fourth-order valence-corrected chi connectivity index (χ4v) is 7.18. The molecule has 10 nitrogen and oxygen atoms in total. The van der Waals surface area contributed by atoms with Crippen molar-refractivity contribution in [2.75, 3.05) is 26.8 Å². The van der Waals surface area contributed by atoms with Crippen LogP contribution in [0.4, 0.5) is 4.79 Å². The van der Waals surface area contributed by atoms with Gasteiger partial charge in [0.2, 0.25) is 10.0 Å². The van der Waals surface area contributed by atoms with Crippen LogP contribution in [-0.2, 0) is 30.7 Å². The first-order valence-corrected chi connectivity index (χ1v) is 16.1. The Bertz CT molecular complexity index is 1240. The number of benzene rings is 2. The van der Waals surface area contributed by atoms with Gasteiger partial charge in [0.1, 0.15) is 18.0 Å². The molecule has 2 aromatic carbocycles. The third-order valence-electron chi connectivity index (χ3n) is 7.63. The summed E-state index contributed by atoms with van der Waals surface area (Å²) in [7, 11) is -2.44. The molecule has 2 aromatic rings. The number of carbonyl (C=O) groups excluding carboxylic acids is 1. The molecule has 2 saturated heterocycles. The van der Waals surface area contributed by atoms with E-state index in [0.29, 0.717) is 18.8 Å². The molecule has 0 bridgehead atoms. The smallest absolute Gasteiger partial charge is 0.407 e. The van der Waals surface area contributed by atoms with E-state index >= 15 is 0 Å². The van der Waals surface area contributed by atoms with Crippen molar-refractivity contribution in [3.63, 3.8) is 0 Å². The van der Waals surface area contributed by atoms with E-state index in [1.54, 1.807) is 12.1 Å². The van der Waals surface area contributed by atoms with Gasteiger partial charge >= 0.3 is 6.09 Å². The molecule has 42 heavy (non-hydrogen) atoms. The van der Waals surface area contributed by atoms with Crippen LogP contribution in [0.15, 0.2) is 59.5 Å². The molecule has 2 N–H and O–H groups in total. The summed E-state index contributed by atoms with van der Waals surface area (Å²) in [5.74, 6) is 0.536. The minimum atomic E-state index is -3.95. The molecular formula is C31H44N2O8S. The van der Waals surface area contributed by atoms with Crippen LogP contribution in [0.5, 0.6) is 5.75 Å². The second kappa shape index (κ2) is 14.7. The maximum atomic E-state index is 13.7. The van der Waals surface area contributed by atoms with E-state index in [9.17, 15) is 18.3 Å². The zero-order valence-corrected chi connectivity index (χ0v) is 25.7. The first kappa shape index (κ1) is 32.2. The van der Waals surface area contributed by atoms with Gasteiger partial charge in [0.05, 0.1) is 36.4 Å². The summed E-state index contributed by atoms with van der Waals surface area (Å²) in [5, 5.41) is 14.3. The Balaban J connectivity index is 1.51. The number of alkyl carbamates (subject to hydrolysis) is 1.